The molecular formula is C13H23N. The molecule has 0 rings (SSSR count). The van der Waals surface area contributed by atoms with E-state index in [4.69, 9.17) is 5.73 Å². The highest BCUT2D eigenvalue weighted by Crippen LogP contribution is 2.05. The maximum absolute atomic E-state index is 5.65. The average molecular weight is 193 g/mol. The first-order chi connectivity index (χ1) is 6.81. The minimum atomic E-state index is 0.786. The van der Waals surface area contributed by atoms with Crippen LogP contribution in [-0.2, 0) is 0 Å². The molecule has 80 valence electrons. The Morgan fingerprint density at radius 1 is 1.21 bits per heavy atom. The van der Waals surface area contributed by atoms with Crippen molar-refractivity contribution < 1.29 is 0 Å². The minimum absolute atomic E-state index is 0.786. The van der Waals surface area contributed by atoms with Crippen molar-refractivity contribution in [2.24, 2.45) is 5.73 Å². The largest absolute Gasteiger partial charge is 0.399 e. The lowest BCUT2D eigenvalue weighted by atomic mass is 10.1. The summed E-state index contributed by atoms with van der Waals surface area (Å²) in [6.07, 6.45) is 15.4. The monoisotopic (exact) mass is 193 g/mol. The Morgan fingerprint density at radius 2 is 1.93 bits per heavy atom. The molecule has 0 bridgehead atoms. The van der Waals surface area contributed by atoms with Crippen LogP contribution in [0.1, 0.15) is 45.4 Å². The zero-order valence-electron chi connectivity index (χ0n) is 9.34. The van der Waals surface area contributed by atoms with Gasteiger partial charge in [-0.1, -0.05) is 51.3 Å². The summed E-state index contributed by atoms with van der Waals surface area (Å²) in [5.41, 5.74) is 6.44. The highest BCUT2D eigenvalue weighted by Gasteiger charge is 1.86. The lowest BCUT2D eigenvalue weighted by Crippen LogP contribution is -1.90. The summed E-state index contributed by atoms with van der Waals surface area (Å²) in [5, 5.41) is 0. The standard InChI is InChI=1S/C13H23N/c1-3-5-6-7-8-9-10-12-13(14)11-4-2/h4,10-12H,2-3,5-9,14H2,1H3/b12-10-,13-11+. The van der Waals surface area contributed by atoms with Gasteiger partial charge in [0.05, 0.1) is 0 Å². The van der Waals surface area contributed by atoms with Gasteiger partial charge in [-0.3, -0.25) is 0 Å². The van der Waals surface area contributed by atoms with Crippen LogP contribution in [0.5, 0.6) is 0 Å². The fraction of sp³-hybridized carbons (Fsp3) is 0.538. The van der Waals surface area contributed by atoms with Crippen molar-refractivity contribution in [3.63, 3.8) is 0 Å². The van der Waals surface area contributed by atoms with Gasteiger partial charge in [0.1, 0.15) is 0 Å². The molecule has 2 N–H and O–H groups in total. The summed E-state index contributed by atoms with van der Waals surface area (Å²) in [6.45, 7) is 5.83. The lowest BCUT2D eigenvalue weighted by Gasteiger charge is -1.96. The van der Waals surface area contributed by atoms with Gasteiger partial charge in [-0.25, -0.2) is 0 Å². The SMILES string of the molecule is C=C/C=C(N)\C=C/CCCCCCC. The fourth-order valence-electron chi connectivity index (χ4n) is 1.28. The van der Waals surface area contributed by atoms with Crippen LogP contribution in [0.4, 0.5) is 0 Å². The Balaban J connectivity index is 3.35. The first-order valence-corrected chi connectivity index (χ1v) is 5.56. The summed E-state index contributed by atoms with van der Waals surface area (Å²) in [7, 11) is 0. The molecule has 0 fully saturated rings. The van der Waals surface area contributed by atoms with Crippen LogP contribution in [0.25, 0.3) is 0 Å². The number of hydrogen-bond acceptors (Lipinski definition) is 1. The third-order valence-electron chi connectivity index (χ3n) is 2.09. The van der Waals surface area contributed by atoms with Gasteiger partial charge < -0.3 is 5.73 Å². The van der Waals surface area contributed by atoms with Gasteiger partial charge in [0, 0.05) is 5.70 Å². The zero-order chi connectivity index (χ0) is 10.6. The van der Waals surface area contributed by atoms with Gasteiger partial charge >= 0.3 is 0 Å². The number of rotatable bonds is 8. The molecule has 0 heterocycles. The van der Waals surface area contributed by atoms with Crippen LogP contribution >= 0.6 is 0 Å². The first-order valence-electron chi connectivity index (χ1n) is 5.56. The lowest BCUT2D eigenvalue weighted by molar-refractivity contribution is 0.637. The Labute approximate surface area is 88.4 Å². The molecule has 0 saturated heterocycles. The normalized spacial score (nSPS) is 12.2. The van der Waals surface area contributed by atoms with Gasteiger partial charge in [0.25, 0.3) is 0 Å². The maximum Gasteiger partial charge on any atom is 0.0310 e. The second-order valence-electron chi connectivity index (χ2n) is 3.51. The van der Waals surface area contributed by atoms with E-state index in [9.17, 15) is 0 Å². The molecule has 0 unspecified atom stereocenters. The smallest absolute Gasteiger partial charge is 0.0310 e. The molecule has 0 radical (unpaired) electrons. The third-order valence-corrected chi connectivity index (χ3v) is 2.09. The van der Waals surface area contributed by atoms with Crippen LogP contribution in [0, 0.1) is 0 Å². The molecule has 1 heteroatoms. The molecule has 0 spiro atoms. The number of unbranched alkanes of at least 4 members (excludes halogenated alkanes) is 5. The van der Waals surface area contributed by atoms with E-state index in [2.05, 4.69) is 19.6 Å². The molecule has 0 aliphatic heterocycles. The molecule has 0 saturated carbocycles. The predicted molar refractivity (Wildman–Crippen MR) is 65.0 cm³/mol. The van der Waals surface area contributed by atoms with Crippen LogP contribution in [0.3, 0.4) is 0 Å². The minimum Gasteiger partial charge on any atom is -0.399 e. The van der Waals surface area contributed by atoms with E-state index in [0.717, 1.165) is 12.1 Å². The van der Waals surface area contributed by atoms with E-state index in [-0.39, 0.29) is 0 Å². The molecule has 0 atom stereocenters. The van der Waals surface area contributed by atoms with E-state index >= 15 is 0 Å². The molecule has 0 aliphatic rings. The van der Waals surface area contributed by atoms with Crippen LogP contribution in [0.15, 0.2) is 36.6 Å². The van der Waals surface area contributed by atoms with E-state index < -0.39 is 0 Å². The van der Waals surface area contributed by atoms with Crippen molar-refractivity contribution in [3.05, 3.63) is 36.6 Å². The van der Waals surface area contributed by atoms with Gasteiger partial charge in [-0.2, -0.15) is 0 Å². The Kier molecular flexibility index (Phi) is 9.40. The Morgan fingerprint density at radius 3 is 2.57 bits per heavy atom. The molecule has 0 amide bonds. The summed E-state index contributed by atoms with van der Waals surface area (Å²) in [5.74, 6) is 0. The topological polar surface area (TPSA) is 26.0 Å². The van der Waals surface area contributed by atoms with Gasteiger partial charge in [-0.05, 0) is 25.0 Å². The first kappa shape index (κ1) is 13.0. The quantitative estimate of drug-likeness (QED) is 0.458. The Hall–Kier alpha value is -0.980. The molecule has 0 aromatic heterocycles. The summed E-state index contributed by atoms with van der Waals surface area (Å²) < 4.78 is 0. The highest BCUT2D eigenvalue weighted by atomic mass is 14.5. The van der Waals surface area contributed by atoms with E-state index in [1.165, 1.54) is 32.1 Å². The van der Waals surface area contributed by atoms with Crippen molar-refractivity contribution in [1.29, 1.82) is 0 Å². The number of allylic oxidation sites excluding steroid dienone is 4. The highest BCUT2D eigenvalue weighted by molar-refractivity contribution is 5.19. The second kappa shape index (κ2) is 10.1. The summed E-state index contributed by atoms with van der Waals surface area (Å²) in [6, 6.07) is 0. The number of hydrogen-bond donors (Lipinski definition) is 1. The van der Waals surface area contributed by atoms with Crippen molar-refractivity contribution in [1.82, 2.24) is 0 Å². The van der Waals surface area contributed by atoms with Crippen molar-refractivity contribution in [2.75, 3.05) is 0 Å². The molecule has 1 nitrogen and oxygen atoms in total. The van der Waals surface area contributed by atoms with E-state index in [0.29, 0.717) is 0 Å². The van der Waals surface area contributed by atoms with Gasteiger partial charge in [0.15, 0.2) is 0 Å². The molecule has 0 aliphatic carbocycles. The van der Waals surface area contributed by atoms with E-state index in [1.807, 2.05) is 12.2 Å². The number of nitrogens with two attached hydrogens (primary N) is 1. The summed E-state index contributed by atoms with van der Waals surface area (Å²) >= 11 is 0. The molecule has 0 aromatic carbocycles. The van der Waals surface area contributed by atoms with Crippen LogP contribution in [0.2, 0.25) is 0 Å². The Bertz CT molecular complexity index is 189. The van der Waals surface area contributed by atoms with Crippen molar-refractivity contribution in [2.45, 2.75) is 45.4 Å². The fourth-order valence-corrected chi connectivity index (χ4v) is 1.28. The van der Waals surface area contributed by atoms with Gasteiger partial charge in [0.2, 0.25) is 0 Å². The maximum atomic E-state index is 5.65. The third kappa shape index (κ3) is 9.11. The predicted octanol–water partition coefficient (Wildman–Crippen LogP) is 3.93. The van der Waals surface area contributed by atoms with Crippen molar-refractivity contribution >= 4 is 0 Å². The second-order valence-corrected chi connectivity index (χ2v) is 3.51. The summed E-state index contributed by atoms with van der Waals surface area (Å²) in [4.78, 5) is 0. The molecule has 0 aromatic rings. The van der Waals surface area contributed by atoms with Crippen molar-refractivity contribution in [3.8, 4) is 0 Å². The van der Waals surface area contributed by atoms with Gasteiger partial charge in [-0.15, -0.1) is 0 Å². The zero-order valence-corrected chi connectivity index (χ0v) is 9.34. The average Bonchev–Trinajstić information content (AvgIpc) is 2.17. The molecule has 14 heavy (non-hydrogen) atoms. The van der Waals surface area contributed by atoms with Crippen LogP contribution in [-0.4, -0.2) is 0 Å². The van der Waals surface area contributed by atoms with Crippen LogP contribution < -0.4 is 5.73 Å². The molecular weight excluding hydrogens is 170 g/mol. The van der Waals surface area contributed by atoms with E-state index in [1.54, 1.807) is 6.08 Å².